The van der Waals surface area contributed by atoms with Crippen LogP contribution in [0.3, 0.4) is 0 Å². The minimum Gasteiger partial charge on any atom is -0.392 e. The number of hydrogen-bond donors (Lipinski definition) is 3. The monoisotopic (exact) mass is 411 g/mol. The number of benzene rings is 1. The number of aliphatic hydroxyl groups excluding tert-OH is 2. The number of nitrogens with one attached hydrogen (secondary N) is 1. The average molecular weight is 412 g/mol. The van der Waals surface area contributed by atoms with Crippen molar-refractivity contribution in [1.29, 1.82) is 0 Å². The van der Waals surface area contributed by atoms with E-state index in [9.17, 15) is 15.0 Å². The Morgan fingerprint density at radius 1 is 1.33 bits per heavy atom. The van der Waals surface area contributed by atoms with Gasteiger partial charge in [-0.25, -0.2) is 0 Å². The Labute approximate surface area is 181 Å². The second kappa shape index (κ2) is 10.9. The molecular formula is C26H37NO3. The molecule has 0 saturated heterocycles. The number of hydrogen-bond acceptors (Lipinski definition) is 3. The summed E-state index contributed by atoms with van der Waals surface area (Å²) in [5.41, 5.74) is 3.81. The number of amides is 1. The lowest BCUT2D eigenvalue weighted by Gasteiger charge is -2.19. The fourth-order valence-electron chi connectivity index (χ4n) is 5.12. The highest BCUT2D eigenvalue weighted by atomic mass is 16.3. The topological polar surface area (TPSA) is 69.6 Å². The van der Waals surface area contributed by atoms with Gasteiger partial charge in [-0.3, -0.25) is 4.79 Å². The van der Waals surface area contributed by atoms with E-state index in [2.05, 4.69) is 36.5 Å². The molecule has 1 aromatic rings. The van der Waals surface area contributed by atoms with Crippen LogP contribution in [0.4, 0.5) is 0 Å². The van der Waals surface area contributed by atoms with Gasteiger partial charge in [-0.1, -0.05) is 53.6 Å². The van der Waals surface area contributed by atoms with Gasteiger partial charge in [0.05, 0.1) is 12.2 Å². The Morgan fingerprint density at radius 3 is 2.93 bits per heavy atom. The van der Waals surface area contributed by atoms with Crippen molar-refractivity contribution in [2.45, 2.75) is 71.0 Å². The fourth-order valence-corrected chi connectivity index (χ4v) is 5.12. The first kappa shape index (κ1) is 22.8. The number of aryl methyl sites for hydroxylation is 1. The maximum atomic E-state index is 11.6. The molecule has 0 aliphatic heterocycles. The normalized spacial score (nSPS) is 26.6. The van der Waals surface area contributed by atoms with Crippen molar-refractivity contribution < 1.29 is 15.0 Å². The second-order valence-corrected chi connectivity index (χ2v) is 9.04. The third kappa shape index (κ3) is 6.29. The molecule has 2 aliphatic carbocycles. The number of fused-ring (bicyclic) bond motifs is 1. The molecule has 1 saturated carbocycles. The van der Waals surface area contributed by atoms with E-state index < -0.39 is 6.10 Å². The molecule has 3 rings (SSSR count). The lowest BCUT2D eigenvalue weighted by Crippen LogP contribution is -2.22. The van der Waals surface area contributed by atoms with Gasteiger partial charge in [0.1, 0.15) is 0 Å². The summed E-state index contributed by atoms with van der Waals surface area (Å²) >= 11 is 0. The number of aliphatic hydroxyl groups is 2. The summed E-state index contributed by atoms with van der Waals surface area (Å²) < 4.78 is 0. The summed E-state index contributed by atoms with van der Waals surface area (Å²) in [4.78, 5) is 11.6. The van der Waals surface area contributed by atoms with Gasteiger partial charge in [0.25, 0.3) is 0 Å². The zero-order chi connectivity index (χ0) is 21.5. The number of unbranched alkanes of at least 4 members (excludes halogenated alkanes) is 1. The summed E-state index contributed by atoms with van der Waals surface area (Å²) in [6.07, 6.45) is 11.5. The molecule has 5 atom stereocenters. The number of rotatable bonds is 10. The summed E-state index contributed by atoms with van der Waals surface area (Å²) in [5.74, 6) is 1.15. The molecule has 164 valence electrons. The van der Waals surface area contributed by atoms with Crippen LogP contribution in [-0.4, -0.2) is 34.9 Å². The van der Waals surface area contributed by atoms with Crippen LogP contribution in [0.1, 0.15) is 56.6 Å². The largest absolute Gasteiger partial charge is 0.392 e. The van der Waals surface area contributed by atoms with Crippen LogP contribution in [0.15, 0.2) is 48.1 Å². The molecule has 1 aromatic carbocycles. The first-order valence-corrected chi connectivity index (χ1v) is 11.5. The summed E-state index contributed by atoms with van der Waals surface area (Å²) in [5, 5.41) is 23.8. The molecule has 0 spiro atoms. The minimum absolute atomic E-state index is 0.117. The third-order valence-electron chi connectivity index (χ3n) is 6.56. The highest BCUT2D eigenvalue weighted by Gasteiger charge is 2.43. The molecule has 0 bridgehead atoms. The van der Waals surface area contributed by atoms with E-state index in [-0.39, 0.29) is 17.9 Å². The van der Waals surface area contributed by atoms with Crippen LogP contribution < -0.4 is 5.32 Å². The average Bonchev–Trinajstić information content (AvgIpc) is 3.20. The number of allylic oxidation sites excluding steroid dienone is 2. The molecule has 4 nitrogen and oxygen atoms in total. The fraction of sp³-hybridized carbons (Fsp3) is 0.577. The van der Waals surface area contributed by atoms with E-state index in [1.54, 1.807) is 0 Å². The zero-order valence-corrected chi connectivity index (χ0v) is 18.4. The molecule has 0 unspecified atom stereocenters. The molecular weight excluding hydrogens is 374 g/mol. The van der Waals surface area contributed by atoms with E-state index in [0.29, 0.717) is 31.2 Å². The Morgan fingerprint density at radius 2 is 2.17 bits per heavy atom. The van der Waals surface area contributed by atoms with Gasteiger partial charge in [-0.2, -0.15) is 0 Å². The number of carbonyl (C=O) groups is 1. The Hall–Kier alpha value is -1.91. The molecule has 2 aliphatic rings. The van der Waals surface area contributed by atoms with Crippen LogP contribution >= 0.6 is 0 Å². The van der Waals surface area contributed by atoms with Crippen molar-refractivity contribution in [3.05, 3.63) is 59.2 Å². The molecule has 0 heterocycles. The van der Waals surface area contributed by atoms with Crippen molar-refractivity contribution in [3.63, 3.8) is 0 Å². The maximum absolute atomic E-state index is 11.6. The van der Waals surface area contributed by atoms with Crippen molar-refractivity contribution >= 4 is 5.91 Å². The highest BCUT2D eigenvalue weighted by molar-refractivity contribution is 5.75. The Kier molecular flexibility index (Phi) is 8.29. The van der Waals surface area contributed by atoms with Crippen molar-refractivity contribution in [1.82, 2.24) is 5.32 Å². The van der Waals surface area contributed by atoms with Gasteiger partial charge in [0, 0.05) is 25.3 Å². The van der Waals surface area contributed by atoms with E-state index >= 15 is 0 Å². The second-order valence-electron chi connectivity index (χ2n) is 9.04. The molecule has 30 heavy (non-hydrogen) atoms. The molecule has 0 radical (unpaired) electrons. The van der Waals surface area contributed by atoms with E-state index in [1.807, 2.05) is 25.1 Å². The lowest BCUT2D eigenvalue weighted by atomic mass is 9.88. The van der Waals surface area contributed by atoms with Crippen LogP contribution in [0, 0.1) is 24.7 Å². The van der Waals surface area contributed by atoms with Crippen molar-refractivity contribution in [2.75, 3.05) is 6.54 Å². The summed E-state index contributed by atoms with van der Waals surface area (Å²) in [6, 6.07) is 8.24. The molecule has 1 fully saturated rings. The third-order valence-corrected chi connectivity index (χ3v) is 6.56. The smallest absolute Gasteiger partial charge is 0.219 e. The van der Waals surface area contributed by atoms with Crippen LogP contribution in [0.25, 0.3) is 0 Å². The van der Waals surface area contributed by atoms with Crippen LogP contribution in [0.5, 0.6) is 0 Å². The summed E-state index contributed by atoms with van der Waals surface area (Å²) in [6.45, 7) is 4.70. The van der Waals surface area contributed by atoms with Crippen LogP contribution in [-0.2, 0) is 11.2 Å². The van der Waals surface area contributed by atoms with Gasteiger partial charge in [0.2, 0.25) is 5.91 Å². The quantitative estimate of drug-likeness (QED) is 0.401. The van der Waals surface area contributed by atoms with Gasteiger partial charge in [0.15, 0.2) is 0 Å². The first-order chi connectivity index (χ1) is 14.5. The molecule has 3 N–H and O–H groups in total. The SMILES string of the molecule is CCNC(=O)CCCCC1=C[C@H]2C[C@@H](O)[C@H](/C=C/[C@H](O)Cc3cccc(C)c3)[C@H]2C1. The van der Waals surface area contributed by atoms with Crippen LogP contribution in [0.2, 0.25) is 0 Å². The Bertz CT molecular complexity index is 769. The lowest BCUT2D eigenvalue weighted by molar-refractivity contribution is -0.121. The maximum Gasteiger partial charge on any atom is 0.219 e. The van der Waals surface area contributed by atoms with E-state index in [1.165, 1.54) is 11.1 Å². The van der Waals surface area contributed by atoms with E-state index in [0.717, 1.165) is 37.7 Å². The standard InChI is InChI=1S/C26H37NO3/c1-3-27-26(30)10-5-4-8-20-14-21-17-25(29)23(24(21)16-20)12-11-22(28)15-19-9-6-7-18(2)13-19/h6-7,9,11-14,21-25,28-29H,3-5,8,10,15-17H2,1-2H3,(H,27,30)/b12-11+/t21-,22-,23+,24-,25+/m0/s1. The zero-order valence-electron chi connectivity index (χ0n) is 18.4. The van der Waals surface area contributed by atoms with Gasteiger partial charge in [-0.15, -0.1) is 0 Å². The van der Waals surface area contributed by atoms with E-state index in [4.69, 9.17) is 0 Å². The van der Waals surface area contributed by atoms with Gasteiger partial charge >= 0.3 is 0 Å². The first-order valence-electron chi connectivity index (χ1n) is 11.5. The molecule has 4 heteroatoms. The minimum atomic E-state index is -0.527. The van der Waals surface area contributed by atoms with Crippen molar-refractivity contribution in [3.8, 4) is 0 Å². The highest BCUT2D eigenvalue weighted by Crippen LogP contribution is 2.48. The predicted octanol–water partition coefficient (Wildman–Crippen LogP) is 4.09. The Balaban J connectivity index is 1.46. The molecule has 0 aromatic heterocycles. The number of carbonyl (C=O) groups excluding carboxylic acids is 1. The molecule has 1 amide bonds. The van der Waals surface area contributed by atoms with Gasteiger partial charge in [-0.05, 0) is 63.4 Å². The van der Waals surface area contributed by atoms with Crippen molar-refractivity contribution in [2.24, 2.45) is 17.8 Å². The van der Waals surface area contributed by atoms with Gasteiger partial charge < -0.3 is 15.5 Å². The predicted molar refractivity (Wildman–Crippen MR) is 121 cm³/mol. The summed E-state index contributed by atoms with van der Waals surface area (Å²) in [7, 11) is 0.